The Morgan fingerprint density at radius 1 is 0.678 bits per heavy atom. The van der Waals surface area contributed by atoms with Crippen LogP contribution in [0.3, 0.4) is 0 Å². The first-order valence-electron chi connectivity index (χ1n) is 21.7. The van der Waals surface area contributed by atoms with Gasteiger partial charge in [-0.3, -0.25) is 9.59 Å². The van der Waals surface area contributed by atoms with Crippen molar-refractivity contribution < 1.29 is 29.3 Å². The lowest BCUT2D eigenvalue weighted by atomic mass is 9.80. The van der Waals surface area contributed by atoms with Crippen molar-refractivity contribution in [3.8, 4) is 11.5 Å². The van der Waals surface area contributed by atoms with Gasteiger partial charge in [-0.25, -0.2) is 0 Å². The Hall–Kier alpha value is -4.92. The van der Waals surface area contributed by atoms with Crippen molar-refractivity contribution in [1.82, 2.24) is 0 Å². The van der Waals surface area contributed by atoms with E-state index in [1.54, 1.807) is 12.1 Å². The molecular weight excluding hydrogens is 737 g/mol. The number of allylic oxidation sites excluding steroid dienone is 3. The molecule has 2 fully saturated rings. The van der Waals surface area contributed by atoms with Gasteiger partial charge in [0.1, 0.15) is 11.5 Å². The Labute approximate surface area is 352 Å². The molecule has 0 aliphatic heterocycles. The van der Waals surface area contributed by atoms with Crippen molar-refractivity contribution in [2.24, 2.45) is 23.7 Å². The second-order valence-corrected chi connectivity index (χ2v) is 16.8. The highest BCUT2D eigenvalue weighted by Crippen LogP contribution is 2.37. The molecule has 0 bridgehead atoms. The molecule has 59 heavy (non-hydrogen) atoms. The molecule has 0 heterocycles. The average molecular weight is 803 g/mol. The van der Waals surface area contributed by atoms with Crippen molar-refractivity contribution in [3.63, 3.8) is 0 Å². The molecule has 1 unspecified atom stereocenters. The van der Waals surface area contributed by atoms with Gasteiger partial charge in [-0.15, -0.1) is 13.2 Å². The van der Waals surface area contributed by atoms with Gasteiger partial charge in [-0.05, 0) is 140 Å². The first kappa shape index (κ1) is 45.2. The fraction of sp³-hybridized carbons (Fsp3) is 0.451. The summed E-state index contributed by atoms with van der Waals surface area (Å²) in [6, 6.07) is 19.4. The minimum atomic E-state index is -2.94. The smallest absolute Gasteiger partial charge is 0.235 e. The van der Waals surface area contributed by atoms with Gasteiger partial charge in [0.25, 0.3) is 0 Å². The summed E-state index contributed by atoms with van der Waals surface area (Å²) in [6.07, 6.45) is 26.2. The number of carbonyl (C=O) groups is 2. The van der Waals surface area contributed by atoms with Crippen molar-refractivity contribution in [1.29, 1.82) is 0 Å². The number of benzene rings is 3. The predicted molar refractivity (Wildman–Crippen MR) is 241 cm³/mol. The van der Waals surface area contributed by atoms with E-state index in [9.17, 15) is 19.8 Å². The van der Waals surface area contributed by atoms with E-state index in [1.807, 2.05) is 60.7 Å². The topological polar surface area (TPSA) is 145 Å². The number of ether oxygens (including phenoxy) is 2. The number of anilines is 2. The number of hydrogen-bond donors (Lipinski definition) is 4. The lowest BCUT2D eigenvalue weighted by molar-refractivity contribution is -0.187. The molecule has 3 aromatic rings. The summed E-state index contributed by atoms with van der Waals surface area (Å²) in [5, 5.41) is 22.8. The average Bonchev–Trinajstić information content (AvgIpc) is 3.24. The Balaban J connectivity index is 1.13. The van der Waals surface area contributed by atoms with Crippen LogP contribution in [0.1, 0.15) is 119 Å². The highest BCUT2D eigenvalue weighted by Gasteiger charge is 2.43. The largest absolute Gasteiger partial charge is 0.493 e. The van der Waals surface area contributed by atoms with Gasteiger partial charge in [-0.2, -0.15) is 0 Å². The highest BCUT2D eigenvalue weighted by molar-refractivity contribution is 6.01. The number of hydrogen-bond acceptors (Lipinski definition) is 8. The first-order valence-corrected chi connectivity index (χ1v) is 21.7. The summed E-state index contributed by atoms with van der Waals surface area (Å²) < 4.78 is 12.2. The molecule has 6 N–H and O–H groups in total. The summed E-state index contributed by atoms with van der Waals surface area (Å²) in [6.45, 7) is 9.02. The first-order chi connectivity index (χ1) is 28.5. The molecule has 8 nitrogen and oxygen atoms in total. The number of unbranched alkanes of at least 4 members (excludes halogenated alkanes) is 2. The molecule has 0 amide bonds. The van der Waals surface area contributed by atoms with Gasteiger partial charge < -0.3 is 31.2 Å². The Bertz CT molecular complexity index is 1850. The zero-order valence-corrected chi connectivity index (χ0v) is 34.8. The monoisotopic (exact) mass is 802 g/mol. The van der Waals surface area contributed by atoms with Crippen LogP contribution in [0.2, 0.25) is 0 Å². The maximum atomic E-state index is 13.5. The van der Waals surface area contributed by atoms with E-state index in [4.69, 9.17) is 20.9 Å². The summed E-state index contributed by atoms with van der Waals surface area (Å²) in [4.78, 5) is 26.8. The maximum absolute atomic E-state index is 13.5. The molecular formula is C51H66N2O6. The lowest BCUT2D eigenvalue weighted by Gasteiger charge is -2.30. The van der Waals surface area contributed by atoms with E-state index < -0.39 is 29.7 Å². The van der Waals surface area contributed by atoms with Gasteiger partial charge >= 0.3 is 0 Å². The molecule has 316 valence electrons. The molecule has 2 saturated carbocycles. The third kappa shape index (κ3) is 14.4. The van der Waals surface area contributed by atoms with Crippen LogP contribution in [0.4, 0.5) is 11.4 Å². The van der Waals surface area contributed by atoms with Crippen LogP contribution in [-0.2, 0) is 9.59 Å². The van der Waals surface area contributed by atoms with Crippen molar-refractivity contribution in [3.05, 3.63) is 121 Å². The highest BCUT2D eigenvalue weighted by atomic mass is 16.5. The fourth-order valence-electron chi connectivity index (χ4n) is 8.56. The molecule has 5 rings (SSSR count). The predicted octanol–water partition coefficient (Wildman–Crippen LogP) is 10.7. The van der Waals surface area contributed by atoms with Gasteiger partial charge in [0.05, 0.1) is 19.1 Å². The molecule has 2 aliphatic rings. The van der Waals surface area contributed by atoms with E-state index >= 15 is 0 Å². The van der Waals surface area contributed by atoms with E-state index in [0.717, 1.165) is 47.8 Å². The molecule has 3 aromatic carbocycles. The third-order valence-electron chi connectivity index (χ3n) is 12.3. The molecule has 0 aromatic heterocycles. The summed E-state index contributed by atoms with van der Waals surface area (Å²) >= 11 is 0. The molecule has 0 saturated heterocycles. The maximum Gasteiger partial charge on any atom is 0.235 e. The van der Waals surface area contributed by atoms with Crippen molar-refractivity contribution in [2.45, 2.75) is 108 Å². The normalized spacial score (nSPS) is 20.3. The quantitative estimate of drug-likeness (QED) is 0.0244. The molecule has 2 aliphatic carbocycles. The minimum Gasteiger partial charge on any atom is -0.493 e. The molecule has 8 heteroatoms. The van der Waals surface area contributed by atoms with E-state index in [0.29, 0.717) is 36.3 Å². The van der Waals surface area contributed by atoms with Crippen LogP contribution >= 0.6 is 0 Å². The number of nitrogens with two attached hydrogens (primary N) is 2. The zero-order valence-electron chi connectivity index (χ0n) is 34.8. The third-order valence-corrected chi connectivity index (χ3v) is 12.3. The number of rotatable bonds is 23. The van der Waals surface area contributed by atoms with Gasteiger partial charge in [0.2, 0.25) is 11.6 Å². The lowest BCUT2D eigenvalue weighted by Crippen LogP contribution is -2.44. The Morgan fingerprint density at radius 2 is 1.14 bits per heavy atom. The number of aliphatic hydroxyl groups is 2. The van der Waals surface area contributed by atoms with Crippen LogP contribution in [0, 0.1) is 23.7 Å². The molecule has 0 spiro atoms. The minimum absolute atomic E-state index is 0.148. The van der Waals surface area contributed by atoms with Crippen LogP contribution in [0.25, 0.3) is 12.2 Å². The number of ketones is 2. The Kier molecular flexibility index (Phi) is 17.6. The van der Waals surface area contributed by atoms with Gasteiger partial charge in [0.15, 0.2) is 5.78 Å². The van der Waals surface area contributed by atoms with Crippen molar-refractivity contribution in [2.75, 3.05) is 24.7 Å². The van der Waals surface area contributed by atoms with Crippen LogP contribution in [-0.4, -0.2) is 40.8 Å². The summed E-state index contributed by atoms with van der Waals surface area (Å²) in [5.74, 6) is -1.45. The second-order valence-electron chi connectivity index (χ2n) is 16.8. The second kappa shape index (κ2) is 23.0. The van der Waals surface area contributed by atoms with Crippen LogP contribution < -0.4 is 20.9 Å². The zero-order chi connectivity index (χ0) is 42.0. The summed E-state index contributed by atoms with van der Waals surface area (Å²) in [7, 11) is 0. The number of nitrogen functional groups attached to an aromatic ring is 2. The number of carbonyl (C=O) groups excluding carboxylic acids is 2. The van der Waals surface area contributed by atoms with Crippen molar-refractivity contribution >= 4 is 35.1 Å². The van der Waals surface area contributed by atoms with Gasteiger partial charge in [-0.1, -0.05) is 93.2 Å². The standard InChI is InChI=1S/C51H66N2O6/c1-3-5-7-9-37-11-15-41(16-12-37)35-58-45-27-20-39(21-28-45)19-26-44(54)34-48(47-31-25-43(52)33-49(47)53)51(56,57)50(55)32-24-40-22-29-46(30-23-40)59-36-42-17-13-38(14-18-42)10-8-6-4-2/h3-4,19-33,37-38,41-42,48,56-57H,1-2,5-18,34-36,52-53H2. The van der Waals surface area contributed by atoms with Crippen LogP contribution in [0.15, 0.2) is 104 Å². The van der Waals surface area contributed by atoms with E-state index in [-0.39, 0.29) is 11.3 Å². The van der Waals surface area contributed by atoms with E-state index in [2.05, 4.69) is 13.2 Å². The summed E-state index contributed by atoms with van der Waals surface area (Å²) in [5.41, 5.74) is 14.4. The fourth-order valence-corrected chi connectivity index (χ4v) is 8.56. The molecule has 1 atom stereocenters. The van der Waals surface area contributed by atoms with E-state index in [1.165, 1.54) is 101 Å². The Morgan fingerprint density at radius 3 is 1.59 bits per heavy atom. The molecule has 0 radical (unpaired) electrons. The SMILES string of the molecule is C=CCCCC1CCC(COc2ccc(C=CC(=O)CC(c3ccc(N)cc3N)C(O)(O)C(=O)C=Cc3ccc(OCC4CCC(CCCC=C)CC4)cc3)cc2)CC1. The van der Waals surface area contributed by atoms with Gasteiger partial charge in [0, 0.05) is 17.8 Å². The van der Waals surface area contributed by atoms with Crippen LogP contribution in [0.5, 0.6) is 11.5 Å².